The van der Waals surface area contributed by atoms with Gasteiger partial charge in [-0.05, 0) is 42.0 Å². The summed E-state index contributed by atoms with van der Waals surface area (Å²) in [5.74, 6) is 0.446. The van der Waals surface area contributed by atoms with Gasteiger partial charge < -0.3 is 15.4 Å². The zero-order valence-corrected chi connectivity index (χ0v) is 17.3. The van der Waals surface area contributed by atoms with Crippen molar-refractivity contribution in [1.82, 2.24) is 15.3 Å². The number of carbonyl (C=O) groups excluding carboxylic acids is 2. The average molecular weight is 424 g/mol. The van der Waals surface area contributed by atoms with Gasteiger partial charge in [-0.2, -0.15) is 0 Å². The molecule has 2 N–H and O–H groups in total. The van der Waals surface area contributed by atoms with E-state index in [1.165, 1.54) is 13.2 Å². The van der Waals surface area contributed by atoms with Gasteiger partial charge in [0.25, 0.3) is 11.8 Å². The Bertz CT molecular complexity index is 1220. The Morgan fingerprint density at radius 3 is 2.22 bits per heavy atom. The van der Waals surface area contributed by atoms with E-state index in [2.05, 4.69) is 20.6 Å². The van der Waals surface area contributed by atoms with Crippen LogP contribution in [0.2, 0.25) is 0 Å². The van der Waals surface area contributed by atoms with Crippen molar-refractivity contribution < 1.29 is 14.3 Å². The standard InChI is InChI=1S/C25H20N4O3/c1-26-24(30)23-15-21(13-14-27-23)32-20-10-8-19(9-11-20)29-25(31)22-12-7-18(16-28-22)17-5-3-2-4-6-17/h2-16H,1H3,(H,26,30)(H,29,31). The third-order valence-corrected chi connectivity index (χ3v) is 4.64. The summed E-state index contributed by atoms with van der Waals surface area (Å²) in [5, 5.41) is 5.34. The molecule has 0 bridgehead atoms. The number of amides is 2. The van der Waals surface area contributed by atoms with Gasteiger partial charge >= 0.3 is 0 Å². The Morgan fingerprint density at radius 2 is 1.53 bits per heavy atom. The second kappa shape index (κ2) is 9.53. The smallest absolute Gasteiger partial charge is 0.274 e. The molecule has 0 spiro atoms. The summed E-state index contributed by atoms with van der Waals surface area (Å²) in [5.41, 5.74) is 3.18. The first-order valence-corrected chi connectivity index (χ1v) is 9.91. The fourth-order valence-electron chi connectivity index (χ4n) is 2.99. The number of aromatic nitrogens is 2. The van der Waals surface area contributed by atoms with Crippen molar-refractivity contribution >= 4 is 17.5 Å². The summed E-state index contributed by atoms with van der Waals surface area (Å²) in [7, 11) is 1.54. The van der Waals surface area contributed by atoms with Crippen LogP contribution < -0.4 is 15.4 Å². The fraction of sp³-hybridized carbons (Fsp3) is 0.0400. The molecule has 0 atom stereocenters. The first kappa shape index (κ1) is 20.7. The van der Waals surface area contributed by atoms with E-state index in [1.54, 1.807) is 48.7 Å². The Morgan fingerprint density at radius 1 is 0.750 bits per heavy atom. The van der Waals surface area contributed by atoms with Crippen molar-refractivity contribution in [3.8, 4) is 22.6 Å². The number of hydrogen-bond acceptors (Lipinski definition) is 5. The average Bonchev–Trinajstić information content (AvgIpc) is 2.85. The molecule has 0 aliphatic rings. The third-order valence-electron chi connectivity index (χ3n) is 4.64. The lowest BCUT2D eigenvalue weighted by atomic mass is 10.1. The van der Waals surface area contributed by atoms with Crippen LogP contribution in [0.4, 0.5) is 5.69 Å². The quantitative estimate of drug-likeness (QED) is 0.474. The molecule has 4 rings (SSSR count). The van der Waals surface area contributed by atoms with E-state index in [0.29, 0.717) is 22.9 Å². The molecule has 2 aromatic heterocycles. The van der Waals surface area contributed by atoms with E-state index < -0.39 is 0 Å². The highest BCUT2D eigenvalue weighted by Gasteiger charge is 2.10. The number of benzene rings is 2. The molecule has 32 heavy (non-hydrogen) atoms. The van der Waals surface area contributed by atoms with Gasteiger partial charge in [0.1, 0.15) is 22.9 Å². The number of nitrogens with zero attached hydrogens (tertiary/aromatic N) is 2. The highest BCUT2D eigenvalue weighted by Crippen LogP contribution is 2.24. The number of anilines is 1. The van der Waals surface area contributed by atoms with Crippen molar-refractivity contribution in [2.75, 3.05) is 12.4 Å². The number of carbonyl (C=O) groups is 2. The van der Waals surface area contributed by atoms with Crippen molar-refractivity contribution in [2.45, 2.75) is 0 Å². The Balaban J connectivity index is 1.39. The van der Waals surface area contributed by atoms with E-state index in [0.717, 1.165) is 11.1 Å². The largest absolute Gasteiger partial charge is 0.457 e. The van der Waals surface area contributed by atoms with E-state index in [1.807, 2.05) is 36.4 Å². The minimum atomic E-state index is -0.303. The molecule has 7 nitrogen and oxygen atoms in total. The van der Waals surface area contributed by atoms with E-state index in [9.17, 15) is 9.59 Å². The molecule has 0 fully saturated rings. The molecule has 7 heteroatoms. The van der Waals surface area contributed by atoms with E-state index >= 15 is 0 Å². The molecule has 4 aromatic rings. The minimum absolute atomic E-state index is 0.264. The van der Waals surface area contributed by atoms with Crippen LogP contribution in [0.1, 0.15) is 21.0 Å². The SMILES string of the molecule is CNC(=O)c1cc(Oc2ccc(NC(=O)c3ccc(-c4ccccc4)cn3)cc2)ccn1. The second-order valence-corrected chi connectivity index (χ2v) is 6.83. The fourth-order valence-corrected chi connectivity index (χ4v) is 2.99. The molecule has 0 aliphatic heterocycles. The second-order valence-electron chi connectivity index (χ2n) is 6.83. The molecule has 0 saturated heterocycles. The van der Waals surface area contributed by atoms with Crippen LogP contribution in [0.5, 0.6) is 11.5 Å². The van der Waals surface area contributed by atoms with Crippen molar-refractivity contribution in [2.24, 2.45) is 0 Å². The van der Waals surface area contributed by atoms with Gasteiger partial charge in [-0.15, -0.1) is 0 Å². The first-order chi connectivity index (χ1) is 15.6. The van der Waals surface area contributed by atoms with Crippen LogP contribution in [-0.2, 0) is 0 Å². The normalized spacial score (nSPS) is 10.3. The van der Waals surface area contributed by atoms with E-state index in [-0.39, 0.29) is 17.5 Å². The van der Waals surface area contributed by atoms with Crippen LogP contribution in [0.3, 0.4) is 0 Å². The van der Waals surface area contributed by atoms with Gasteiger partial charge in [-0.3, -0.25) is 19.6 Å². The summed E-state index contributed by atoms with van der Waals surface area (Å²) in [6, 6.07) is 23.5. The minimum Gasteiger partial charge on any atom is -0.457 e. The molecule has 2 amide bonds. The van der Waals surface area contributed by atoms with Crippen LogP contribution in [-0.4, -0.2) is 28.8 Å². The molecule has 0 aliphatic carbocycles. The van der Waals surface area contributed by atoms with Gasteiger partial charge in [0.2, 0.25) is 0 Å². The molecule has 0 radical (unpaired) electrons. The van der Waals surface area contributed by atoms with Crippen LogP contribution in [0.25, 0.3) is 11.1 Å². The van der Waals surface area contributed by atoms with Crippen LogP contribution in [0.15, 0.2) is 91.3 Å². The van der Waals surface area contributed by atoms with Gasteiger partial charge in [0.15, 0.2) is 0 Å². The van der Waals surface area contributed by atoms with Crippen molar-refractivity contribution in [1.29, 1.82) is 0 Å². The van der Waals surface area contributed by atoms with Gasteiger partial charge in [0.05, 0.1) is 0 Å². The monoisotopic (exact) mass is 424 g/mol. The van der Waals surface area contributed by atoms with Crippen LogP contribution in [0, 0.1) is 0 Å². The lowest BCUT2D eigenvalue weighted by Crippen LogP contribution is -2.18. The Hall–Kier alpha value is -4.52. The summed E-state index contributed by atoms with van der Waals surface area (Å²) >= 11 is 0. The predicted molar refractivity (Wildman–Crippen MR) is 122 cm³/mol. The number of pyridine rings is 2. The Labute approximate surface area is 185 Å². The van der Waals surface area contributed by atoms with Gasteiger partial charge in [-0.1, -0.05) is 36.4 Å². The molecule has 2 aromatic carbocycles. The Kier molecular flexibility index (Phi) is 6.17. The van der Waals surface area contributed by atoms with Gasteiger partial charge in [-0.25, -0.2) is 0 Å². The number of hydrogen-bond donors (Lipinski definition) is 2. The lowest BCUT2D eigenvalue weighted by Gasteiger charge is -2.09. The highest BCUT2D eigenvalue weighted by atomic mass is 16.5. The summed E-state index contributed by atoms with van der Waals surface area (Å²) in [4.78, 5) is 32.5. The third kappa shape index (κ3) is 4.96. The molecule has 0 unspecified atom stereocenters. The molecule has 158 valence electrons. The van der Waals surface area contributed by atoms with Crippen molar-refractivity contribution in [3.05, 3.63) is 103 Å². The first-order valence-electron chi connectivity index (χ1n) is 9.91. The zero-order chi connectivity index (χ0) is 22.3. The van der Waals surface area contributed by atoms with Crippen LogP contribution >= 0.6 is 0 Å². The number of nitrogens with one attached hydrogen (secondary N) is 2. The van der Waals surface area contributed by atoms with Gasteiger partial charge in [0, 0.05) is 36.8 Å². The summed E-state index contributed by atoms with van der Waals surface area (Å²) in [6.07, 6.45) is 3.19. The molecular weight excluding hydrogens is 404 g/mol. The highest BCUT2D eigenvalue weighted by molar-refractivity contribution is 6.03. The van der Waals surface area contributed by atoms with Crippen molar-refractivity contribution in [3.63, 3.8) is 0 Å². The number of ether oxygens (including phenoxy) is 1. The summed E-state index contributed by atoms with van der Waals surface area (Å²) < 4.78 is 5.77. The predicted octanol–water partition coefficient (Wildman–Crippen LogP) is 4.55. The summed E-state index contributed by atoms with van der Waals surface area (Å²) in [6.45, 7) is 0. The zero-order valence-electron chi connectivity index (χ0n) is 17.3. The number of rotatable bonds is 6. The molecule has 0 saturated carbocycles. The topological polar surface area (TPSA) is 93.2 Å². The molecule has 2 heterocycles. The maximum Gasteiger partial charge on any atom is 0.274 e. The molecular formula is C25H20N4O3. The lowest BCUT2D eigenvalue weighted by molar-refractivity contribution is 0.0957. The van der Waals surface area contributed by atoms with E-state index in [4.69, 9.17) is 4.74 Å². The maximum absolute atomic E-state index is 12.5. The maximum atomic E-state index is 12.5.